The molecule has 116 valence electrons. The maximum atomic E-state index is 12.3. The lowest BCUT2D eigenvalue weighted by atomic mass is 10.1. The molecule has 0 aliphatic heterocycles. The summed E-state index contributed by atoms with van der Waals surface area (Å²) in [6.45, 7) is 2.73. The van der Waals surface area contributed by atoms with Gasteiger partial charge in [-0.1, -0.05) is 60.5 Å². The molecule has 0 saturated heterocycles. The minimum absolute atomic E-state index is 0.0537. The zero-order valence-corrected chi connectivity index (χ0v) is 14.3. The molecule has 0 atom stereocenters. The summed E-state index contributed by atoms with van der Waals surface area (Å²) in [5, 5.41) is 0.979. The van der Waals surface area contributed by atoms with Gasteiger partial charge in [0, 0.05) is 13.6 Å². The molecule has 0 aliphatic carbocycles. The van der Waals surface area contributed by atoms with E-state index in [1.165, 1.54) is 5.56 Å². The lowest BCUT2D eigenvalue weighted by Gasteiger charge is -2.17. The van der Waals surface area contributed by atoms with Gasteiger partial charge in [0.15, 0.2) is 0 Å². The fraction of sp³-hybridized carbons (Fsp3) is 0.278. The van der Waals surface area contributed by atoms with Gasteiger partial charge >= 0.3 is 0 Å². The summed E-state index contributed by atoms with van der Waals surface area (Å²) in [4.78, 5) is 14.0. The van der Waals surface area contributed by atoms with Crippen LogP contribution in [0.2, 0.25) is 10.0 Å². The Morgan fingerprint density at radius 2 is 1.55 bits per heavy atom. The molecule has 0 aromatic heterocycles. The van der Waals surface area contributed by atoms with Gasteiger partial charge < -0.3 is 4.90 Å². The zero-order valence-electron chi connectivity index (χ0n) is 12.8. The quantitative estimate of drug-likeness (QED) is 0.771. The topological polar surface area (TPSA) is 20.3 Å². The minimum Gasteiger partial charge on any atom is -0.341 e. The predicted molar refractivity (Wildman–Crippen MR) is 92.5 cm³/mol. The Labute approximate surface area is 141 Å². The summed E-state index contributed by atoms with van der Waals surface area (Å²) in [6, 6.07) is 13.6. The second kappa shape index (κ2) is 7.66. The molecule has 0 N–H and O–H groups in total. The summed E-state index contributed by atoms with van der Waals surface area (Å²) < 4.78 is 0. The van der Waals surface area contributed by atoms with Crippen molar-refractivity contribution in [3.05, 3.63) is 69.2 Å². The summed E-state index contributed by atoms with van der Waals surface area (Å²) >= 11 is 11.9. The average molecular weight is 336 g/mol. The first kappa shape index (κ1) is 16.9. The standard InChI is InChI=1S/C18H19Cl2NO/c1-3-13-4-6-14(7-5-13)12-21(2)18(22)11-15-8-9-16(19)17(20)10-15/h4-10H,3,11-12H2,1-2H3. The Hall–Kier alpha value is -1.51. The molecule has 0 unspecified atom stereocenters. The number of hydrogen-bond donors (Lipinski definition) is 0. The smallest absolute Gasteiger partial charge is 0.227 e. The SMILES string of the molecule is CCc1ccc(CN(C)C(=O)Cc2ccc(Cl)c(Cl)c2)cc1. The Bertz CT molecular complexity index is 653. The van der Waals surface area contributed by atoms with Crippen molar-refractivity contribution in [3.8, 4) is 0 Å². The Morgan fingerprint density at radius 3 is 2.14 bits per heavy atom. The number of benzene rings is 2. The second-order valence-corrected chi connectivity index (χ2v) is 6.16. The number of carbonyl (C=O) groups excluding carboxylic acids is 1. The first-order valence-electron chi connectivity index (χ1n) is 7.25. The molecule has 0 heterocycles. The molecular formula is C18H19Cl2NO. The van der Waals surface area contributed by atoms with Gasteiger partial charge in [-0.3, -0.25) is 4.79 Å². The number of amides is 1. The third-order valence-corrected chi connectivity index (χ3v) is 4.36. The monoisotopic (exact) mass is 335 g/mol. The van der Waals surface area contributed by atoms with Crippen molar-refractivity contribution in [1.29, 1.82) is 0 Å². The number of hydrogen-bond acceptors (Lipinski definition) is 1. The van der Waals surface area contributed by atoms with Crippen LogP contribution in [0.5, 0.6) is 0 Å². The lowest BCUT2D eigenvalue weighted by Crippen LogP contribution is -2.27. The summed E-state index contributed by atoms with van der Waals surface area (Å²) in [5.41, 5.74) is 3.29. The van der Waals surface area contributed by atoms with Gasteiger partial charge in [-0.05, 0) is 35.2 Å². The van der Waals surface area contributed by atoms with Crippen molar-refractivity contribution in [1.82, 2.24) is 4.90 Å². The normalized spacial score (nSPS) is 10.5. The molecule has 22 heavy (non-hydrogen) atoms. The number of nitrogens with zero attached hydrogens (tertiary/aromatic N) is 1. The molecule has 0 aliphatic rings. The fourth-order valence-electron chi connectivity index (χ4n) is 2.20. The largest absolute Gasteiger partial charge is 0.341 e. The third-order valence-electron chi connectivity index (χ3n) is 3.62. The highest BCUT2D eigenvalue weighted by molar-refractivity contribution is 6.42. The van der Waals surface area contributed by atoms with E-state index in [1.807, 2.05) is 13.1 Å². The molecule has 0 fully saturated rings. The highest BCUT2D eigenvalue weighted by atomic mass is 35.5. The molecule has 2 aromatic rings. The van der Waals surface area contributed by atoms with Crippen LogP contribution in [-0.4, -0.2) is 17.9 Å². The molecule has 2 nitrogen and oxygen atoms in total. The molecule has 0 spiro atoms. The maximum absolute atomic E-state index is 12.3. The van der Waals surface area contributed by atoms with Crippen LogP contribution in [0.25, 0.3) is 0 Å². The molecule has 2 aromatic carbocycles. The lowest BCUT2D eigenvalue weighted by molar-refractivity contribution is -0.129. The van der Waals surface area contributed by atoms with Crippen LogP contribution in [0, 0.1) is 0 Å². The van der Waals surface area contributed by atoms with Crippen LogP contribution < -0.4 is 0 Å². The Balaban J connectivity index is 1.97. The van der Waals surface area contributed by atoms with E-state index in [2.05, 4.69) is 31.2 Å². The van der Waals surface area contributed by atoms with E-state index in [4.69, 9.17) is 23.2 Å². The summed E-state index contributed by atoms with van der Waals surface area (Å²) in [7, 11) is 1.81. The molecular weight excluding hydrogens is 317 g/mol. The van der Waals surface area contributed by atoms with Gasteiger partial charge in [-0.2, -0.15) is 0 Å². The van der Waals surface area contributed by atoms with Gasteiger partial charge in [-0.15, -0.1) is 0 Å². The minimum atomic E-state index is 0.0537. The second-order valence-electron chi connectivity index (χ2n) is 5.35. The van der Waals surface area contributed by atoms with Crippen LogP contribution in [-0.2, 0) is 24.2 Å². The van der Waals surface area contributed by atoms with Crippen molar-refractivity contribution < 1.29 is 4.79 Å². The van der Waals surface area contributed by atoms with Gasteiger partial charge in [0.1, 0.15) is 0 Å². The van der Waals surface area contributed by atoms with Crippen LogP contribution >= 0.6 is 23.2 Å². The Morgan fingerprint density at radius 1 is 0.955 bits per heavy atom. The van der Waals surface area contributed by atoms with Crippen molar-refractivity contribution in [2.75, 3.05) is 7.05 Å². The van der Waals surface area contributed by atoms with Gasteiger partial charge in [0.25, 0.3) is 0 Å². The summed E-state index contributed by atoms with van der Waals surface area (Å²) in [5.74, 6) is 0.0537. The van der Waals surface area contributed by atoms with Crippen molar-refractivity contribution in [3.63, 3.8) is 0 Å². The first-order valence-corrected chi connectivity index (χ1v) is 8.01. The van der Waals surface area contributed by atoms with E-state index in [0.29, 0.717) is 23.0 Å². The number of carbonyl (C=O) groups is 1. The maximum Gasteiger partial charge on any atom is 0.227 e. The zero-order chi connectivity index (χ0) is 16.1. The molecule has 1 amide bonds. The van der Waals surface area contributed by atoms with Crippen LogP contribution in [0.4, 0.5) is 0 Å². The fourth-order valence-corrected chi connectivity index (χ4v) is 2.52. The summed E-state index contributed by atoms with van der Waals surface area (Å²) in [6.07, 6.45) is 1.34. The molecule has 0 saturated carbocycles. The van der Waals surface area contributed by atoms with E-state index in [-0.39, 0.29) is 5.91 Å². The van der Waals surface area contributed by atoms with Crippen LogP contribution in [0.1, 0.15) is 23.6 Å². The van der Waals surface area contributed by atoms with E-state index in [1.54, 1.807) is 17.0 Å². The molecule has 0 bridgehead atoms. The highest BCUT2D eigenvalue weighted by Gasteiger charge is 2.11. The van der Waals surface area contributed by atoms with Gasteiger partial charge in [0.05, 0.1) is 16.5 Å². The van der Waals surface area contributed by atoms with E-state index in [9.17, 15) is 4.79 Å². The molecule has 2 rings (SSSR count). The third kappa shape index (κ3) is 4.49. The van der Waals surface area contributed by atoms with Crippen LogP contribution in [0.3, 0.4) is 0 Å². The number of halogens is 2. The van der Waals surface area contributed by atoms with Gasteiger partial charge in [-0.25, -0.2) is 0 Å². The first-order chi connectivity index (χ1) is 10.5. The van der Waals surface area contributed by atoms with Crippen LogP contribution in [0.15, 0.2) is 42.5 Å². The molecule has 0 radical (unpaired) electrons. The number of aryl methyl sites for hydroxylation is 1. The highest BCUT2D eigenvalue weighted by Crippen LogP contribution is 2.23. The van der Waals surface area contributed by atoms with E-state index in [0.717, 1.165) is 17.5 Å². The van der Waals surface area contributed by atoms with Crippen molar-refractivity contribution >= 4 is 29.1 Å². The number of rotatable bonds is 5. The average Bonchev–Trinajstić information content (AvgIpc) is 2.51. The predicted octanol–water partition coefficient (Wildman–Crippen LogP) is 4.76. The number of likely N-dealkylation sites (N-methyl/N-ethyl adjacent to an activating group) is 1. The van der Waals surface area contributed by atoms with Gasteiger partial charge in [0.2, 0.25) is 5.91 Å². The Kier molecular flexibility index (Phi) is 5.87. The van der Waals surface area contributed by atoms with Crippen molar-refractivity contribution in [2.24, 2.45) is 0 Å². The molecule has 4 heteroatoms. The van der Waals surface area contributed by atoms with E-state index < -0.39 is 0 Å². The van der Waals surface area contributed by atoms with Crippen molar-refractivity contribution in [2.45, 2.75) is 26.3 Å². The van der Waals surface area contributed by atoms with E-state index >= 15 is 0 Å².